The van der Waals surface area contributed by atoms with E-state index in [0.29, 0.717) is 6.42 Å². The van der Waals surface area contributed by atoms with Gasteiger partial charge in [-0.15, -0.1) is 11.3 Å². The van der Waals surface area contributed by atoms with E-state index in [0.717, 1.165) is 17.2 Å². The highest BCUT2D eigenvalue weighted by molar-refractivity contribution is 7.09. The highest BCUT2D eigenvalue weighted by Gasteiger charge is 1.98. The Morgan fingerprint density at radius 3 is 3.18 bits per heavy atom. The second kappa shape index (κ2) is 4.43. The molecule has 0 unspecified atom stereocenters. The lowest BCUT2D eigenvalue weighted by molar-refractivity contribution is 0.299. The molecule has 0 radical (unpaired) electrons. The van der Waals surface area contributed by atoms with Crippen LogP contribution in [0.1, 0.15) is 10.7 Å². The molecule has 0 spiro atoms. The van der Waals surface area contributed by atoms with Crippen LogP contribution in [0.3, 0.4) is 0 Å². The van der Waals surface area contributed by atoms with Gasteiger partial charge in [0.15, 0.2) is 0 Å². The molecule has 1 aromatic heterocycles. The first kappa shape index (κ1) is 8.64. The van der Waals surface area contributed by atoms with Crippen molar-refractivity contribution in [2.24, 2.45) is 0 Å². The van der Waals surface area contributed by atoms with Crippen molar-refractivity contribution in [3.63, 3.8) is 0 Å². The number of rotatable bonds is 4. The number of aliphatic hydroxyl groups is 1. The predicted molar refractivity (Wildman–Crippen MR) is 45.7 cm³/mol. The molecular weight excluding hydrogens is 160 g/mol. The summed E-state index contributed by atoms with van der Waals surface area (Å²) in [4.78, 5) is 4.29. The molecule has 1 heterocycles. The molecule has 0 aromatic carbocycles. The third-order valence-electron chi connectivity index (χ3n) is 1.28. The van der Waals surface area contributed by atoms with Crippen molar-refractivity contribution in [3.05, 3.63) is 16.1 Å². The molecule has 0 bridgehead atoms. The lowest BCUT2D eigenvalue weighted by Crippen LogP contribution is -2.05. The Kier molecular flexibility index (Phi) is 3.48. The first-order chi connectivity index (χ1) is 5.36. The maximum Gasteiger partial charge on any atom is 0.0951 e. The van der Waals surface area contributed by atoms with E-state index in [1.54, 1.807) is 11.3 Å². The van der Waals surface area contributed by atoms with Crippen LogP contribution in [0, 0.1) is 0 Å². The van der Waals surface area contributed by atoms with E-state index in [-0.39, 0.29) is 6.61 Å². The molecular formula is C7H12N2OS. The van der Waals surface area contributed by atoms with Gasteiger partial charge in [-0.05, 0) is 7.05 Å². The quantitative estimate of drug-likeness (QED) is 0.691. The molecule has 3 nitrogen and oxygen atoms in total. The zero-order valence-corrected chi connectivity index (χ0v) is 7.32. The highest BCUT2D eigenvalue weighted by Crippen LogP contribution is 2.09. The smallest absolute Gasteiger partial charge is 0.0951 e. The van der Waals surface area contributed by atoms with Crippen molar-refractivity contribution in [1.29, 1.82) is 0 Å². The molecule has 0 aliphatic heterocycles. The number of nitrogens with one attached hydrogen (secondary N) is 1. The van der Waals surface area contributed by atoms with Crippen molar-refractivity contribution >= 4 is 11.3 Å². The van der Waals surface area contributed by atoms with E-state index >= 15 is 0 Å². The van der Waals surface area contributed by atoms with Crippen LogP contribution in [-0.2, 0) is 13.0 Å². The Labute approximate surface area is 70.1 Å². The van der Waals surface area contributed by atoms with Crippen molar-refractivity contribution in [3.8, 4) is 0 Å². The predicted octanol–water partition coefficient (Wildman–Crippen LogP) is 0.397. The van der Waals surface area contributed by atoms with Gasteiger partial charge < -0.3 is 10.4 Å². The molecule has 1 rings (SSSR count). The standard InChI is InChI=1S/C7H12N2OS/c1-8-4-6-5-11-7(9-6)2-3-10/h5,8,10H,2-4H2,1H3. The minimum absolute atomic E-state index is 0.187. The Hall–Kier alpha value is -0.450. The van der Waals surface area contributed by atoms with E-state index in [2.05, 4.69) is 10.3 Å². The molecule has 0 aliphatic carbocycles. The van der Waals surface area contributed by atoms with Crippen LogP contribution in [0.25, 0.3) is 0 Å². The number of hydrogen-bond acceptors (Lipinski definition) is 4. The minimum atomic E-state index is 0.187. The molecule has 62 valence electrons. The maximum atomic E-state index is 8.61. The fourth-order valence-electron chi connectivity index (χ4n) is 0.822. The summed E-state index contributed by atoms with van der Waals surface area (Å²) >= 11 is 1.60. The van der Waals surface area contributed by atoms with Crippen molar-refractivity contribution in [2.45, 2.75) is 13.0 Å². The zero-order chi connectivity index (χ0) is 8.10. The normalized spacial score (nSPS) is 10.4. The van der Waals surface area contributed by atoms with Gasteiger partial charge in [0, 0.05) is 25.0 Å². The molecule has 11 heavy (non-hydrogen) atoms. The number of aliphatic hydroxyl groups excluding tert-OH is 1. The third kappa shape index (κ3) is 2.57. The van der Waals surface area contributed by atoms with Crippen molar-refractivity contribution < 1.29 is 5.11 Å². The summed E-state index contributed by atoms with van der Waals surface area (Å²) in [6.45, 7) is 0.994. The minimum Gasteiger partial charge on any atom is -0.396 e. The Balaban J connectivity index is 2.51. The van der Waals surface area contributed by atoms with Gasteiger partial charge in [0.1, 0.15) is 0 Å². The fraction of sp³-hybridized carbons (Fsp3) is 0.571. The van der Waals surface area contributed by atoms with Crippen molar-refractivity contribution in [1.82, 2.24) is 10.3 Å². The monoisotopic (exact) mass is 172 g/mol. The number of aromatic nitrogens is 1. The van der Waals surface area contributed by atoms with E-state index in [9.17, 15) is 0 Å². The summed E-state index contributed by atoms with van der Waals surface area (Å²) < 4.78 is 0. The number of thiazole rings is 1. The summed E-state index contributed by atoms with van der Waals surface area (Å²) in [5.41, 5.74) is 1.06. The van der Waals surface area contributed by atoms with Crippen LogP contribution in [-0.4, -0.2) is 23.7 Å². The van der Waals surface area contributed by atoms with Gasteiger partial charge in [-0.3, -0.25) is 0 Å². The van der Waals surface area contributed by atoms with E-state index in [1.165, 1.54) is 0 Å². The lowest BCUT2D eigenvalue weighted by Gasteiger charge is -1.91. The summed E-state index contributed by atoms with van der Waals surface area (Å²) in [6.07, 6.45) is 0.675. The number of nitrogens with zero attached hydrogens (tertiary/aromatic N) is 1. The van der Waals surface area contributed by atoms with Gasteiger partial charge in [0.25, 0.3) is 0 Å². The molecule has 0 atom stereocenters. The Bertz CT molecular complexity index is 191. The Morgan fingerprint density at radius 1 is 1.73 bits per heavy atom. The largest absolute Gasteiger partial charge is 0.396 e. The fourth-order valence-corrected chi connectivity index (χ4v) is 1.61. The van der Waals surface area contributed by atoms with Gasteiger partial charge in [-0.1, -0.05) is 0 Å². The van der Waals surface area contributed by atoms with Crippen LogP contribution in [0.2, 0.25) is 0 Å². The first-order valence-electron chi connectivity index (χ1n) is 3.55. The molecule has 0 saturated carbocycles. The van der Waals surface area contributed by atoms with Crippen LogP contribution in [0.5, 0.6) is 0 Å². The summed E-state index contributed by atoms with van der Waals surface area (Å²) in [5, 5.41) is 14.7. The third-order valence-corrected chi connectivity index (χ3v) is 2.24. The molecule has 0 fully saturated rings. The van der Waals surface area contributed by atoms with E-state index in [1.807, 2.05) is 12.4 Å². The van der Waals surface area contributed by atoms with Gasteiger partial charge in [0.2, 0.25) is 0 Å². The van der Waals surface area contributed by atoms with Gasteiger partial charge in [0.05, 0.1) is 10.7 Å². The summed E-state index contributed by atoms with van der Waals surface area (Å²) in [7, 11) is 1.89. The molecule has 0 amide bonds. The Morgan fingerprint density at radius 2 is 2.55 bits per heavy atom. The van der Waals surface area contributed by atoms with Gasteiger partial charge >= 0.3 is 0 Å². The molecule has 2 N–H and O–H groups in total. The second-order valence-electron chi connectivity index (χ2n) is 2.24. The van der Waals surface area contributed by atoms with Crippen molar-refractivity contribution in [2.75, 3.05) is 13.7 Å². The van der Waals surface area contributed by atoms with Crippen LogP contribution in [0.4, 0.5) is 0 Å². The SMILES string of the molecule is CNCc1csc(CCO)n1. The number of hydrogen-bond donors (Lipinski definition) is 2. The van der Waals surface area contributed by atoms with Crippen LogP contribution in [0.15, 0.2) is 5.38 Å². The molecule has 1 aromatic rings. The average molecular weight is 172 g/mol. The van der Waals surface area contributed by atoms with Gasteiger partial charge in [-0.25, -0.2) is 4.98 Å². The van der Waals surface area contributed by atoms with Crippen LogP contribution >= 0.6 is 11.3 Å². The molecule has 0 aliphatic rings. The average Bonchev–Trinajstić information content (AvgIpc) is 2.38. The van der Waals surface area contributed by atoms with Gasteiger partial charge in [-0.2, -0.15) is 0 Å². The topological polar surface area (TPSA) is 45.1 Å². The van der Waals surface area contributed by atoms with E-state index < -0.39 is 0 Å². The summed E-state index contributed by atoms with van der Waals surface area (Å²) in [6, 6.07) is 0. The van der Waals surface area contributed by atoms with E-state index in [4.69, 9.17) is 5.11 Å². The second-order valence-corrected chi connectivity index (χ2v) is 3.18. The van der Waals surface area contributed by atoms with Crippen LogP contribution < -0.4 is 5.32 Å². The zero-order valence-electron chi connectivity index (χ0n) is 6.50. The summed E-state index contributed by atoms with van der Waals surface area (Å²) in [5.74, 6) is 0. The first-order valence-corrected chi connectivity index (χ1v) is 4.43. The molecule has 4 heteroatoms. The lowest BCUT2D eigenvalue weighted by atomic mass is 10.4. The molecule has 0 saturated heterocycles. The highest BCUT2D eigenvalue weighted by atomic mass is 32.1. The maximum absolute atomic E-state index is 8.61.